The summed E-state index contributed by atoms with van der Waals surface area (Å²) in [5.74, 6) is -0.745. The van der Waals surface area contributed by atoms with Gasteiger partial charge in [0.15, 0.2) is 0 Å². The normalized spacial score (nSPS) is 11.5. The summed E-state index contributed by atoms with van der Waals surface area (Å²) < 4.78 is 31.3. The van der Waals surface area contributed by atoms with Crippen LogP contribution in [0.3, 0.4) is 0 Å². The second kappa shape index (κ2) is 8.01. The highest BCUT2D eigenvalue weighted by Gasteiger charge is 2.13. The first-order chi connectivity index (χ1) is 12.2. The molecule has 26 heavy (non-hydrogen) atoms. The lowest BCUT2D eigenvalue weighted by atomic mass is 10.2. The molecule has 0 aliphatic carbocycles. The van der Waals surface area contributed by atoms with Crippen molar-refractivity contribution in [1.29, 1.82) is 5.26 Å². The molecule has 0 heterocycles. The molecule has 0 bridgehead atoms. The zero-order chi connectivity index (χ0) is 19.3. The van der Waals surface area contributed by atoms with Crippen molar-refractivity contribution < 1.29 is 17.8 Å². The second-order valence-electron chi connectivity index (χ2n) is 5.24. The molecule has 0 aliphatic heterocycles. The van der Waals surface area contributed by atoms with Gasteiger partial charge in [0.2, 0.25) is 0 Å². The van der Waals surface area contributed by atoms with Gasteiger partial charge in [-0.1, -0.05) is 23.7 Å². The standard InChI is InChI=1S/C17H14ClN3O4S/c1-11-5-6-13(8-16(11)18)20-10-12(9-19)17(22)21-14-3-2-4-15(7-14)26(23,24)25/h2-8,10,20H,1H3,(H,21,22)(H,23,24,25)/b12-10-. The molecule has 2 rings (SSSR count). The van der Waals surface area contributed by atoms with Crippen LogP contribution in [0.5, 0.6) is 0 Å². The van der Waals surface area contributed by atoms with Crippen LogP contribution in [0.25, 0.3) is 0 Å². The first-order valence-corrected chi connectivity index (χ1v) is 9.04. The number of halogens is 1. The Balaban J connectivity index is 2.16. The van der Waals surface area contributed by atoms with Crippen molar-refractivity contribution in [3.05, 3.63) is 64.8 Å². The first kappa shape index (κ1) is 19.5. The Labute approximate surface area is 155 Å². The molecule has 0 fully saturated rings. The van der Waals surface area contributed by atoms with Crippen molar-refractivity contribution in [3.8, 4) is 6.07 Å². The predicted molar refractivity (Wildman–Crippen MR) is 98.4 cm³/mol. The summed E-state index contributed by atoms with van der Waals surface area (Å²) in [6.45, 7) is 1.84. The van der Waals surface area contributed by atoms with Crippen molar-refractivity contribution in [2.24, 2.45) is 0 Å². The summed E-state index contributed by atoms with van der Waals surface area (Å²) in [5.41, 5.74) is 1.36. The molecular weight excluding hydrogens is 378 g/mol. The van der Waals surface area contributed by atoms with Gasteiger partial charge in [0.25, 0.3) is 16.0 Å². The molecule has 134 valence electrons. The van der Waals surface area contributed by atoms with Crippen molar-refractivity contribution in [3.63, 3.8) is 0 Å². The van der Waals surface area contributed by atoms with E-state index in [-0.39, 0.29) is 16.2 Å². The van der Waals surface area contributed by atoms with E-state index in [0.29, 0.717) is 10.7 Å². The maximum atomic E-state index is 12.2. The van der Waals surface area contributed by atoms with Gasteiger partial charge in [0.1, 0.15) is 11.6 Å². The number of hydrogen-bond acceptors (Lipinski definition) is 5. The number of nitrogens with one attached hydrogen (secondary N) is 2. The molecule has 0 saturated carbocycles. The van der Waals surface area contributed by atoms with Gasteiger partial charge in [-0.3, -0.25) is 9.35 Å². The first-order valence-electron chi connectivity index (χ1n) is 7.22. The van der Waals surface area contributed by atoms with Crippen molar-refractivity contribution >= 4 is 39.0 Å². The molecule has 0 spiro atoms. The summed E-state index contributed by atoms with van der Waals surface area (Å²) in [7, 11) is -4.40. The molecule has 0 radical (unpaired) electrons. The van der Waals surface area contributed by atoms with Crippen molar-refractivity contribution in [1.82, 2.24) is 0 Å². The molecule has 3 N–H and O–H groups in total. The third-order valence-corrected chi connectivity index (χ3v) is 4.57. The smallest absolute Gasteiger partial charge is 0.294 e. The van der Waals surface area contributed by atoms with Gasteiger partial charge in [-0.15, -0.1) is 0 Å². The number of anilines is 2. The Hall–Kier alpha value is -2.86. The van der Waals surface area contributed by atoms with Crippen LogP contribution in [0, 0.1) is 18.3 Å². The number of aryl methyl sites for hydroxylation is 1. The van der Waals surface area contributed by atoms with Crippen molar-refractivity contribution in [2.45, 2.75) is 11.8 Å². The Morgan fingerprint density at radius 1 is 1.23 bits per heavy atom. The van der Waals surface area contributed by atoms with E-state index in [0.717, 1.165) is 11.6 Å². The maximum Gasteiger partial charge on any atom is 0.294 e. The summed E-state index contributed by atoms with van der Waals surface area (Å²) >= 11 is 6.01. The van der Waals surface area contributed by atoms with Gasteiger partial charge in [0.05, 0.1) is 4.90 Å². The Morgan fingerprint density at radius 2 is 1.96 bits per heavy atom. The average Bonchev–Trinajstić information content (AvgIpc) is 2.58. The lowest BCUT2D eigenvalue weighted by Crippen LogP contribution is -2.15. The molecule has 0 atom stereocenters. The Morgan fingerprint density at radius 3 is 2.58 bits per heavy atom. The number of hydrogen-bond donors (Lipinski definition) is 3. The third-order valence-electron chi connectivity index (χ3n) is 3.31. The summed E-state index contributed by atoms with van der Waals surface area (Å²) in [4.78, 5) is 11.8. The van der Waals surface area contributed by atoms with Gasteiger partial charge in [-0.25, -0.2) is 0 Å². The molecule has 1 amide bonds. The van der Waals surface area contributed by atoms with E-state index in [1.807, 2.05) is 6.92 Å². The molecule has 0 aliphatic rings. The predicted octanol–water partition coefficient (Wildman–Crippen LogP) is 3.35. The quantitative estimate of drug-likeness (QED) is 0.408. The number of benzene rings is 2. The van der Waals surface area contributed by atoms with Gasteiger partial charge in [-0.2, -0.15) is 13.7 Å². The summed E-state index contributed by atoms with van der Waals surface area (Å²) in [5, 5.41) is 14.9. The average molecular weight is 392 g/mol. The maximum absolute atomic E-state index is 12.2. The lowest BCUT2D eigenvalue weighted by Gasteiger charge is -2.07. The van der Waals surface area contributed by atoms with E-state index in [1.165, 1.54) is 24.4 Å². The van der Waals surface area contributed by atoms with Crippen LogP contribution < -0.4 is 10.6 Å². The topological polar surface area (TPSA) is 119 Å². The number of carbonyl (C=O) groups is 1. The van der Waals surface area contributed by atoms with Crippen LogP contribution in [-0.4, -0.2) is 18.9 Å². The van der Waals surface area contributed by atoms with Crippen LogP contribution in [-0.2, 0) is 14.9 Å². The van der Waals surface area contributed by atoms with E-state index in [2.05, 4.69) is 10.6 Å². The molecular formula is C17H14ClN3O4S. The molecule has 0 aromatic heterocycles. The fourth-order valence-corrected chi connectivity index (χ4v) is 2.63. The van der Waals surface area contributed by atoms with E-state index in [9.17, 15) is 13.2 Å². The molecule has 0 unspecified atom stereocenters. The minimum absolute atomic E-state index is 0.115. The number of nitrogens with zero attached hydrogens (tertiary/aromatic N) is 1. The van der Waals surface area contributed by atoms with Gasteiger partial charge < -0.3 is 10.6 Å². The van der Waals surface area contributed by atoms with Crippen LogP contribution >= 0.6 is 11.6 Å². The van der Waals surface area contributed by atoms with Gasteiger partial charge in [-0.05, 0) is 42.8 Å². The minimum Gasteiger partial charge on any atom is -0.360 e. The Bertz CT molecular complexity index is 1030. The Kier molecular flexibility index (Phi) is 6.00. The summed E-state index contributed by atoms with van der Waals surface area (Å²) in [6.07, 6.45) is 1.21. The largest absolute Gasteiger partial charge is 0.360 e. The highest BCUT2D eigenvalue weighted by Crippen LogP contribution is 2.20. The molecule has 7 nitrogen and oxygen atoms in total. The lowest BCUT2D eigenvalue weighted by molar-refractivity contribution is -0.112. The van der Waals surface area contributed by atoms with E-state index in [4.69, 9.17) is 21.4 Å². The fourth-order valence-electron chi connectivity index (χ4n) is 1.92. The van der Waals surface area contributed by atoms with Gasteiger partial charge >= 0.3 is 0 Å². The monoisotopic (exact) mass is 391 g/mol. The molecule has 2 aromatic rings. The van der Waals surface area contributed by atoms with E-state index >= 15 is 0 Å². The number of amides is 1. The molecule has 9 heteroatoms. The SMILES string of the molecule is Cc1ccc(N/C=C(/C#N)C(=O)Nc2cccc(S(=O)(=O)O)c2)cc1Cl. The number of nitriles is 1. The van der Waals surface area contributed by atoms with Crippen LogP contribution in [0.2, 0.25) is 5.02 Å². The third kappa shape index (κ3) is 5.07. The second-order valence-corrected chi connectivity index (χ2v) is 7.06. The van der Waals surface area contributed by atoms with Gasteiger partial charge in [0, 0.05) is 22.6 Å². The number of rotatable bonds is 5. The number of carbonyl (C=O) groups excluding carboxylic acids is 1. The highest BCUT2D eigenvalue weighted by atomic mass is 35.5. The highest BCUT2D eigenvalue weighted by molar-refractivity contribution is 7.85. The zero-order valence-electron chi connectivity index (χ0n) is 13.5. The fraction of sp³-hybridized carbons (Fsp3) is 0.0588. The zero-order valence-corrected chi connectivity index (χ0v) is 15.1. The molecule has 2 aromatic carbocycles. The van der Waals surface area contributed by atoms with E-state index < -0.39 is 16.0 Å². The van der Waals surface area contributed by atoms with E-state index in [1.54, 1.807) is 24.3 Å². The minimum atomic E-state index is -4.40. The van der Waals surface area contributed by atoms with Crippen LogP contribution in [0.1, 0.15) is 5.56 Å². The molecule has 0 saturated heterocycles. The van der Waals surface area contributed by atoms with Crippen molar-refractivity contribution in [2.75, 3.05) is 10.6 Å². The van der Waals surface area contributed by atoms with Crippen LogP contribution in [0.4, 0.5) is 11.4 Å². The summed E-state index contributed by atoms with van der Waals surface area (Å²) in [6, 6.07) is 11.9. The van der Waals surface area contributed by atoms with Crippen LogP contribution in [0.15, 0.2) is 59.1 Å².